The standard InChI is InChI=1S/C18H21NO3S/c1-13-4-5-16(12-14(13)2)10-11-19-23(21,22)18-8-6-17(7-9-18)15(3)20/h4-9,12,19H,10-11H2,1-3H3. The molecule has 0 aliphatic rings. The Morgan fingerprint density at radius 2 is 1.65 bits per heavy atom. The van der Waals surface area contributed by atoms with Gasteiger partial charge in [-0.3, -0.25) is 4.79 Å². The molecule has 5 heteroatoms. The van der Waals surface area contributed by atoms with E-state index in [1.54, 1.807) is 0 Å². The SMILES string of the molecule is CC(=O)c1ccc(S(=O)(=O)NCCc2ccc(C)c(C)c2)cc1. The summed E-state index contributed by atoms with van der Waals surface area (Å²) in [6.07, 6.45) is 0.631. The van der Waals surface area contributed by atoms with Crippen molar-refractivity contribution < 1.29 is 13.2 Å². The number of aryl methyl sites for hydroxylation is 2. The molecule has 0 saturated heterocycles. The van der Waals surface area contributed by atoms with E-state index < -0.39 is 10.0 Å². The number of hydrogen-bond acceptors (Lipinski definition) is 3. The average Bonchev–Trinajstić information content (AvgIpc) is 2.51. The Morgan fingerprint density at radius 3 is 2.22 bits per heavy atom. The lowest BCUT2D eigenvalue weighted by Crippen LogP contribution is -2.26. The first-order valence-electron chi connectivity index (χ1n) is 7.46. The van der Waals surface area contributed by atoms with Crippen molar-refractivity contribution in [3.8, 4) is 0 Å². The van der Waals surface area contributed by atoms with Gasteiger partial charge in [0, 0.05) is 12.1 Å². The minimum Gasteiger partial charge on any atom is -0.295 e. The lowest BCUT2D eigenvalue weighted by molar-refractivity contribution is 0.101. The first-order valence-corrected chi connectivity index (χ1v) is 8.95. The van der Waals surface area contributed by atoms with E-state index in [1.807, 2.05) is 26.0 Å². The zero-order valence-electron chi connectivity index (χ0n) is 13.6. The number of carbonyl (C=O) groups is 1. The first-order chi connectivity index (χ1) is 10.8. The van der Waals surface area contributed by atoms with Gasteiger partial charge in [-0.15, -0.1) is 0 Å². The highest BCUT2D eigenvalue weighted by Crippen LogP contribution is 2.12. The van der Waals surface area contributed by atoms with Crippen LogP contribution in [0.15, 0.2) is 47.4 Å². The van der Waals surface area contributed by atoms with Crippen molar-refractivity contribution in [2.24, 2.45) is 0 Å². The number of benzene rings is 2. The van der Waals surface area contributed by atoms with Crippen molar-refractivity contribution in [2.45, 2.75) is 32.1 Å². The van der Waals surface area contributed by atoms with Crippen molar-refractivity contribution in [3.05, 3.63) is 64.7 Å². The molecule has 23 heavy (non-hydrogen) atoms. The highest BCUT2D eigenvalue weighted by molar-refractivity contribution is 7.89. The maximum absolute atomic E-state index is 12.2. The molecule has 0 aliphatic carbocycles. The van der Waals surface area contributed by atoms with Gasteiger partial charge in [0.25, 0.3) is 0 Å². The van der Waals surface area contributed by atoms with Crippen LogP contribution in [0.5, 0.6) is 0 Å². The van der Waals surface area contributed by atoms with Crippen molar-refractivity contribution in [2.75, 3.05) is 6.54 Å². The van der Waals surface area contributed by atoms with Gasteiger partial charge in [-0.2, -0.15) is 0 Å². The second kappa shape index (κ2) is 7.06. The van der Waals surface area contributed by atoms with Crippen LogP contribution in [-0.4, -0.2) is 20.7 Å². The Bertz CT molecular complexity index is 809. The molecule has 1 N–H and O–H groups in total. The Balaban J connectivity index is 2.00. The fourth-order valence-corrected chi connectivity index (χ4v) is 3.27. The molecule has 122 valence electrons. The third-order valence-electron chi connectivity index (χ3n) is 3.85. The summed E-state index contributed by atoms with van der Waals surface area (Å²) in [5.74, 6) is -0.0864. The lowest BCUT2D eigenvalue weighted by atomic mass is 10.0. The van der Waals surface area contributed by atoms with E-state index in [9.17, 15) is 13.2 Å². The average molecular weight is 331 g/mol. The topological polar surface area (TPSA) is 63.2 Å². The van der Waals surface area contributed by atoms with E-state index in [0.29, 0.717) is 18.5 Å². The fourth-order valence-electron chi connectivity index (χ4n) is 2.24. The molecule has 2 rings (SSSR count). The monoisotopic (exact) mass is 331 g/mol. The summed E-state index contributed by atoms with van der Waals surface area (Å²) in [5, 5.41) is 0. The van der Waals surface area contributed by atoms with Crippen molar-refractivity contribution in [1.82, 2.24) is 4.72 Å². The van der Waals surface area contributed by atoms with Crippen LogP contribution in [0, 0.1) is 13.8 Å². The summed E-state index contributed by atoms with van der Waals surface area (Å²) in [6, 6.07) is 12.1. The molecule has 0 aromatic heterocycles. The van der Waals surface area contributed by atoms with E-state index in [4.69, 9.17) is 0 Å². The van der Waals surface area contributed by atoms with Gasteiger partial charge in [-0.25, -0.2) is 13.1 Å². The number of nitrogens with one attached hydrogen (secondary N) is 1. The second-order valence-corrected chi connectivity index (χ2v) is 7.41. The minimum atomic E-state index is -3.55. The molecule has 0 radical (unpaired) electrons. The third kappa shape index (κ3) is 4.50. The van der Waals surface area contributed by atoms with Gasteiger partial charge in [0.15, 0.2) is 5.78 Å². The molecule has 0 bridgehead atoms. The summed E-state index contributed by atoms with van der Waals surface area (Å²) < 4.78 is 27.1. The number of hydrogen-bond donors (Lipinski definition) is 1. The third-order valence-corrected chi connectivity index (χ3v) is 5.33. The van der Waals surface area contributed by atoms with Crippen molar-refractivity contribution >= 4 is 15.8 Å². The van der Waals surface area contributed by atoms with Crippen molar-refractivity contribution in [1.29, 1.82) is 0 Å². The van der Waals surface area contributed by atoms with Crippen LogP contribution in [0.25, 0.3) is 0 Å². The molecule has 0 aliphatic heterocycles. The fraction of sp³-hybridized carbons (Fsp3) is 0.278. The first kappa shape index (κ1) is 17.4. The van der Waals surface area contributed by atoms with E-state index in [1.165, 1.54) is 42.3 Å². The van der Waals surface area contributed by atoms with Crippen molar-refractivity contribution in [3.63, 3.8) is 0 Å². The van der Waals surface area contributed by atoms with Gasteiger partial charge in [-0.05, 0) is 56.0 Å². The normalized spacial score (nSPS) is 11.4. The summed E-state index contributed by atoms with van der Waals surface area (Å²) in [4.78, 5) is 11.4. The second-order valence-electron chi connectivity index (χ2n) is 5.65. The van der Waals surface area contributed by atoms with Crippen LogP contribution in [0.2, 0.25) is 0 Å². The number of sulfonamides is 1. The van der Waals surface area contributed by atoms with Gasteiger partial charge >= 0.3 is 0 Å². The van der Waals surface area contributed by atoms with Crippen LogP contribution in [0.3, 0.4) is 0 Å². The van der Waals surface area contributed by atoms with Crippen LogP contribution in [-0.2, 0) is 16.4 Å². The summed E-state index contributed by atoms with van der Waals surface area (Å²) in [5.41, 5.74) is 4.02. The van der Waals surface area contributed by atoms with Gasteiger partial charge < -0.3 is 0 Å². The Morgan fingerprint density at radius 1 is 1.00 bits per heavy atom. The van der Waals surface area contributed by atoms with Crippen LogP contribution in [0.4, 0.5) is 0 Å². The van der Waals surface area contributed by atoms with E-state index in [0.717, 1.165) is 5.56 Å². The maximum atomic E-state index is 12.2. The summed E-state index contributed by atoms with van der Waals surface area (Å²) in [6.45, 7) is 5.87. The van der Waals surface area contributed by atoms with Crippen LogP contribution < -0.4 is 4.72 Å². The zero-order chi connectivity index (χ0) is 17.0. The smallest absolute Gasteiger partial charge is 0.240 e. The molecular formula is C18H21NO3S. The summed E-state index contributed by atoms with van der Waals surface area (Å²) >= 11 is 0. The van der Waals surface area contributed by atoms with E-state index >= 15 is 0 Å². The molecule has 2 aromatic carbocycles. The Hall–Kier alpha value is -1.98. The molecular weight excluding hydrogens is 310 g/mol. The van der Waals surface area contributed by atoms with Crippen LogP contribution >= 0.6 is 0 Å². The van der Waals surface area contributed by atoms with Gasteiger partial charge in [0.2, 0.25) is 10.0 Å². The Kier molecular flexibility index (Phi) is 5.34. The highest BCUT2D eigenvalue weighted by Gasteiger charge is 2.13. The molecule has 0 spiro atoms. The van der Waals surface area contributed by atoms with E-state index in [-0.39, 0.29) is 10.7 Å². The number of rotatable bonds is 6. The van der Waals surface area contributed by atoms with Gasteiger partial charge in [0.05, 0.1) is 4.90 Å². The predicted octanol–water partition coefficient (Wildman–Crippen LogP) is 3.03. The number of carbonyl (C=O) groups excluding carboxylic acids is 1. The van der Waals surface area contributed by atoms with Gasteiger partial charge in [0.1, 0.15) is 0 Å². The number of Topliss-reactive ketones (excluding diaryl/α,β-unsaturated/α-hetero) is 1. The van der Waals surface area contributed by atoms with Gasteiger partial charge in [-0.1, -0.05) is 30.3 Å². The molecule has 0 amide bonds. The number of ketones is 1. The lowest BCUT2D eigenvalue weighted by Gasteiger charge is -2.08. The maximum Gasteiger partial charge on any atom is 0.240 e. The zero-order valence-corrected chi connectivity index (χ0v) is 14.4. The largest absolute Gasteiger partial charge is 0.295 e. The molecule has 0 heterocycles. The molecule has 0 atom stereocenters. The Labute approximate surface area is 137 Å². The van der Waals surface area contributed by atoms with Crippen LogP contribution in [0.1, 0.15) is 34.0 Å². The highest BCUT2D eigenvalue weighted by atomic mass is 32.2. The molecule has 0 fully saturated rings. The minimum absolute atomic E-state index is 0.0864. The molecule has 0 unspecified atom stereocenters. The summed E-state index contributed by atoms with van der Waals surface area (Å²) in [7, 11) is -3.55. The predicted molar refractivity (Wildman–Crippen MR) is 91.3 cm³/mol. The quantitative estimate of drug-likeness (QED) is 0.828. The molecule has 0 saturated carbocycles. The molecule has 2 aromatic rings. The van der Waals surface area contributed by atoms with E-state index in [2.05, 4.69) is 10.8 Å². The molecule has 4 nitrogen and oxygen atoms in total.